The van der Waals surface area contributed by atoms with E-state index in [9.17, 15) is 14.0 Å². The molecule has 8 nitrogen and oxygen atoms in total. The van der Waals surface area contributed by atoms with Crippen molar-refractivity contribution in [3.05, 3.63) is 46.9 Å². The van der Waals surface area contributed by atoms with Crippen molar-refractivity contribution in [3.63, 3.8) is 0 Å². The van der Waals surface area contributed by atoms with E-state index in [0.29, 0.717) is 42.3 Å². The number of nitrogens with zero attached hydrogens (tertiary/aromatic N) is 4. The lowest BCUT2D eigenvalue weighted by atomic mass is 10.1. The number of hydrogen-bond acceptors (Lipinski definition) is 6. The number of urea groups is 1. The fraction of sp³-hybridized carbons (Fsp3) is 0.478. The zero-order valence-corrected chi connectivity index (χ0v) is 21.3. The second kappa shape index (κ2) is 11.2. The van der Waals surface area contributed by atoms with Gasteiger partial charge in [0.25, 0.3) is 0 Å². The topological polar surface area (TPSA) is 90.5 Å². The van der Waals surface area contributed by atoms with Gasteiger partial charge < -0.3 is 20.4 Å². The van der Waals surface area contributed by atoms with Gasteiger partial charge in [0.05, 0.1) is 5.75 Å². The summed E-state index contributed by atoms with van der Waals surface area (Å²) < 4.78 is 13.0. The number of carbonyl (C=O) groups excluding carboxylic acids is 2. The van der Waals surface area contributed by atoms with Crippen LogP contribution in [0.25, 0.3) is 0 Å². The minimum absolute atomic E-state index is 0.0156. The molecule has 1 atom stereocenters. The first-order valence-electron chi connectivity index (χ1n) is 11.0. The zero-order valence-electron chi connectivity index (χ0n) is 19.8. The molecule has 1 aromatic carbocycles. The lowest BCUT2D eigenvalue weighted by molar-refractivity contribution is -0.118. The molecule has 2 N–H and O–H groups in total. The van der Waals surface area contributed by atoms with Gasteiger partial charge in [-0.1, -0.05) is 35.5 Å². The Balaban J connectivity index is 1.55. The summed E-state index contributed by atoms with van der Waals surface area (Å²) >= 11 is 7.42. The third-order valence-electron chi connectivity index (χ3n) is 5.09. The summed E-state index contributed by atoms with van der Waals surface area (Å²) in [5, 5.41) is 6.49. The van der Waals surface area contributed by atoms with Crippen LogP contribution in [0.3, 0.4) is 0 Å². The second-order valence-corrected chi connectivity index (χ2v) is 10.5. The number of amides is 3. The third-order valence-corrected chi connectivity index (χ3v) is 6.13. The molecule has 3 amide bonds. The molecule has 2 aromatic rings. The minimum atomic E-state index is -0.316. The fourth-order valence-electron chi connectivity index (χ4n) is 3.46. The van der Waals surface area contributed by atoms with Crippen molar-refractivity contribution >= 4 is 41.1 Å². The molecule has 11 heteroatoms. The van der Waals surface area contributed by atoms with Crippen LogP contribution in [0, 0.1) is 5.82 Å². The van der Waals surface area contributed by atoms with E-state index in [1.165, 1.54) is 23.9 Å². The SMILES string of the molecule is CC1CN(c2cc(Cl)nc(SCC(=O)NCc3ccc(F)cc3)n2)CCN1C(=O)NC(C)(C)C. The Morgan fingerprint density at radius 1 is 1.21 bits per heavy atom. The van der Waals surface area contributed by atoms with Crippen LogP contribution in [-0.2, 0) is 11.3 Å². The highest BCUT2D eigenvalue weighted by molar-refractivity contribution is 7.99. The number of aromatic nitrogens is 2. The van der Waals surface area contributed by atoms with Crippen molar-refractivity contribution in [2.75, 3.05) is 30.3 Å². The van der Waals surface area contributed by atoms with Gasteiger partial charge >= 0.3 is 6.03 Å². The highest BCUT2D eigenvalue weighted by atomic mass is 35.5. The molecule has 1 aromatic heterocycles. The Kier molecular flexibility index (Phi) is 8.59. The van der Waals surface area contributed by atoms with Gasteiger partial charge in [-0.3, -0.25) is 4.79 Å². The normalized spacial score (nSPS) is 16.4. The van der Waals surface area contributed by atoms with Gasteiger partial charge in [-0.25, -0.2) is 19.2 Å². The summed E-state index contributed by atoms with van der Waals surface area (Å²) in [6.45, 7) is 9.94. The number of carbonyl (C=O) groups is 2. The predicted octanol–water partition coefficient (Wildman–Crippen LogP) is 3.70. The van der Waals surface area contributed by atoms with Crippen LogP contribution in [0.5, 0.6) is 0 Å². The van der Waals surface area contributed by atoms with Crippen LogP contribution in [0.15, 0.2) is 35.5 Å². The number of piperazine rings is 1. The van der Waals surface area contributed by atoms with Crippen LogP contribution in [0.4, 0.5) is 15.0 Å². The number of halogens is 2. The Hall–Kier alpha value is -2.59. The Labute approximate surface area is 208 Å². The Bertz CT molecular complexity index is 1020. The molecule has 0 saturated carbocycles. The van der Waals surface area contributed by atoms with Crippen LogP contribution in [0.1, 0.15) is 33.3 Å². The number of nitrogens with one attached hydrogen (secondary N) is 2. The molecule has 184 valence electrons. The fourth-order valence-corrected chi connectivity index (χ4v) is 4.37. The van der Waals surface area contributed by atoms with Crippen molar-refractivity contribution in [1.29, 1.82) is 0 Å². The van der Waals surface area contributed by atoms with E-state index in [0.717, 1.165) is 5.56 Å². The van der Waals surface area contributed by atoms with Gasteiger partial charge in [0.2, 0.25) is 5.91 Å². The average molecular weight is 509 g/mol. The van der Waals surface area contributed by atoms with Crippen molar-refractivity contribution in [2.24, 2.45) is 0 Å². The number of anilines is 1. The van der Waals surface area contributed by atoms with E-state index in [4.69, 9.17) is 11.6 Å². The average Bonchev–Trinajstić information content (AvgIpc) is 2.75. The first-order valence-corrected chi connectivity index (χ1v) is 12.4. The molecular weight excluding hydrogens is 479 g/mol. The molecule has 1 aliphatic rings. The van der Waals surface area contributed by atoms with Crippen LogP contribution in [-0.4, -0.2) is 63.8 Å². The molecule has 1 aliphatic heterocycles. The van der Waals surface area contributed by atoms with Gasteiger partial charge in [0, 0.05) is 43.8 Å². The summed E-state index contributed by atoms with van der Waals surface area (Å²) in [5.41, 5.74) is 0.511. The summed E-state index contributed by atoms with van der Waals surface area (Å²) in [4.78, 5) is 37.5. The molecule has 3 rings (SSSR count). The molecular formula is C23H30ClFN6O2S. The molecule has 0 bridgehead atoms. The van der Waals surface area contributed by atoms with E-state index < -0.39 is 0 Å². The highest BCUT2D eigenvalue weighted by Gasteiger charge is 2.30. The molecule has 1 unspecified atom stereocenters. The van der Waals surface area contributed by atoms with E-state index in [-0.39, 0.29) is 35.1 Å². The number of benzene rings is 1. The maximum Gasteiger partial charge on any atom is 0.318 e. The van der Waals surface area contributed by atoms with Crippen molar-refractivity contribution in [1.82, 2.24) is 25.5 Å². The number of thioether (sulfide) groups is 1. The van der Waals surface area contributed by atoms with Gasteiger partial charge in [0.1, 0.15) is 16.8 Å². The summed E-state index contributed by atoms with van der Waals surface area (Å²) in [6, 6.07) is 7.56. The zero-order chi connectivity index (χ0) is 24.9. The van der Waals surface area contributed by atoms with Crippen LogP contribution >= 0.6 is 23.4 Å². The molecule has 34 heavy (non-hydrogen) atoms. The van der Waals surface area contributed by atoms with Gasteiger partial charge in [0.15, 0.2) is 5.16 Å². The molecule has 1 saturated heterocycles. The van der Waals surface area contributed by atoms with Crippen LogP contribution < -0.4 is 15.5 Å². The summed E-state index contributed by atoms with van der Waals surface area (Å²) in [6.07, 6.45) is 0. The first kappa shape index (κ1) is 26.0. The predicted molar refractivity (Wildman–Crippen MR) is 133 cm³/mol. The summed E-state index contributed by atoms with van der Waals surface area (Å²) in [5.74, 6) is 0.282. The maximum atomic E-state index is 13.0. The van der Waals surface area contributed by atoms with Crippen LogP contribution in [0.2, 0.25) is 5.15 Å². The number of hydrogen-bond donors (Lipinski definition) is 2. The number of rotatable bonds is 6. The van der Waals surface area contributed by atoms with Crippen molar-refractivity contribution in [3.8, 4) is 0 Å². The van der Waals surface area contributed by atoms with E-state index >= 15 is 0 Å². The lowest BCUT2D eigenvalue weighted by Crippen LogP contribution is -2.59. The molecule has 2 heterocycles. The highest BCUT2D eigenvalue weighted by Crippen LogP contribution is 2.24. The van der Waals surface area contributed by atoms with E-state index in [1.54, 1.807) is 18.2 Å². The summed E-state index contributed by atoms with van der Waals surface area (Å²) in [7, 11) is 0. The first-order chi connectivity index (χ1) is 16.0. The monoisotopic (exact) mass is 508 g/mol. The van der Waals surface area contributed by atoms with Gasteiger partial charge in [-0.15, -0.1) is 0 Å². The Morgan fingerprint density at radius 3 is 2.56 bits per heavy atom. The third kappa shape index (κ3) is 7.73. The minimum Gasteiger partial charge on any atom is -0.353 e. The van der Waals surface area contributed by atoms with Gasteiger partial charge in [-0.05, 0) is 45.4 Å². The largest absolute Gasteiger partial charge is 0.353 e. The van der Waals surface area contributed by atoms with E-state index in [1.807, 2.05) is 32.6 Å². The Morgan fingerprint density at radius 2 is 1.91 bits per heavy atom. The lowest BCUT2D eigenvalue weighted by Gasteiger charge is -2.41. The molecule has 0 radical (unpaired) electrons. The molecule has 0 spiro atoms. The molecule has 1 fully saturated rings. The quantitative estimate of drug-likeness (QED) is 0.351. The standard InChI is InChI=1S/C23H30ClFN6O2S/c1-15-13-30(9-10-31(15)22(33)29-23(2,3)4)19-11-18(24)27-21(28-19)34-14-20(32)26-12-16-5-7-17(25)8-6-16/h5-8,11,15H,9-10,12-14H2,1-4H3,(H,26,32)(H,29,33). The van der Waals surface area contributed by atoms with Gasteiger partial charge in [-0.2, -0.15) is 0 Å². The molecule has 0 aliphatic carbocycles. The van der Waals surface area contributed by atoms with Crippen molar-refractivity contribution < 1.29 is 14.0 Å². The van der Waals surface area contributed by atoms with E-state index in [2.05, 4.69) is 25.5 Å². The smallest absolute Gasteiger partial charge is 0.318 e. The van der Waals surface area contributed by atoms with Crippen molar-refractivity contribution in [2.45, 2.75) is 51.0 Å². The maximum absolute atomic E-state index is 13.0. The second-order valence-electron chi connectivity index (χ2n) is 9.19.